The van der Waals surface area contributed by atoms with Crippen LogP contribution in [0.4, 0.5) is 10.5 Å². The molecule has 0 bridgehead atoms. The Balaban J connectivity index is 1.74. The van der Waals surface area contributed by atoms with Crippen molar-refractivity contribution in [3.8, 4) is 5.75 Å². The smallest absolute Gasteiger partial charge is 0.335 e. The normalized spacial score (nSPS) is 14.8. The van der Waals surface area contributed by atoms with Crippen LogP contribution in [0.25, 0.3) is 6.08 Å². The highest BCUT2D eigenvalue weighted by Gasteiger charge is 2.37. The van der Waals surface area contributed by atoms with Crippen molar-refractivity contribution in [2.24, 2.45) is 0 Å². The number of carbonyl (C=O) groups excluding carboxylic acids is 3. The van der Waals surface area contributed by atoms with Gasteiger partial charge in [0, 0.05) is 16.5 Å². The quantitative estimate of drug-likeness (QED) is 0.272. The minimum Gasteiger partial charge on any atom is -0.494 e. The molecule has 4 amide bonds. The summed E-state index contributed by atoms with van der Waals surface area (Å²) < 4.78 is 6.77. The van der Waals surface area contributed by atoms with Gasteiger partial charge in [0.05, 0.1) is 12.3 Å². The summed E-state index contributed by atoms with van der Waals surface area (Å²) in [6, 6.07) is 16.5. The van der Waals surface area contributed by atoms with Gasteiger partial charge < -0.3 is 4.74 Å². The fraction of sp³-hybridized carbons (Fsp3) is 0.233. The number of anilines is 1. The van der Waals surface area contributed by atoms with Crippen molar-refractivity contribution in [2.45, 2.75) is 40.5 Å². The molecule has 1 aliphatic rings. The molecule has 1 saturated heterocycles. The summed E-state index contributed by atoms with van der Waals surface area (Å²) in [5.74, 6) is -0.729. The molecule has 0 aromatic heterocycles. The summed E-state index contributed by atoms with van der Waals surface area (Å²) in [5, 5.41) is 2.30. The minimum atomic E-state index is -0.756. The highest BCUT2D eigenvalue weighted by Crippen LogP contribution is 2.33. The fourth-order valence-electron chi connectivity index (χ4n) is 4.62. The molecule has 37 heavy (non-hydrogen) atoms. The number of amides is 4. The minimum absolute atomic E-state index is 0.123. The zero-order valence-electron chi connectivity index (χ0n) is 21.4. The molecule has 1 aliphatic heterocycles. The third-order valence-corrected chi connectivity index (χ3v) is 6.87. The number of ether oxygens (including phenoxy) is 1. The molecule has 1 fully saturated rings. The van der Waals surface area contributed by atoms with Crippen LogP contribution in [0.2, 0.25) is 0 Å². The van der Waals surface area contributed by atoms with Gasteiger partial charge in [0.25, 0.3) is 11.8 Å². The maximum atomic E-state index is 13.4. The monoisotopic (exact) mass is 560 g/mol. The first kappa shape index (κ1) is 26.4. The Hall–Kier alpha value is -3.71. The van der Waals surface area contributed by atoms with E-state index in [0.717, 1.165) is 26.1 Å². The van der Waals surface area contributed by atoms with Crippen LogP contribution >= 0.6 is 15.9 Å². The molecular weight excluding hydrogens is 532 g/mol. The van der Waals surface area contributed by atoms with Crippen molar-refractivity contribution in [3.63, 3.8) is 0 Å². The Morgan fingerprint density at radius 2 is 1.68 bits per heavy atom. The van der Waals surface area contributed by atoms with Gasteiger partial charge in [-0.05, 0) is 68.2 Å². The number of hydrogen-bond acceptors (Lipinski definition) is 4. The molecule has 0 unspecified atom stereocenters. The number of halogens is 1. The lowest BCUT2D eigenvalue weighted by Crippen LogP contribution is -2.54. The van der Waals surface area contributed by atoms with E-state index in [1.807, 2.05) is 38.1 Å². The molecule has 7 heteroatoms. The Bertz CT molecular complexity index is 1410. The van der Waals surface area contributed by atoms with Crippen LogP contribution in [0.1, 0.15) is 47.2 Å². The largest absolute Gasteiger partial charge is 0.494 e. The Morgan fingerprint density at radius 3 is 2.35 bits per heavy atom. The molecule has 1 N–H and O–H groups in total. The highest BCUT2D eigenvalue weighted by molar-refractivity contribution is 9.10. The molecule has 0 spiro atoms. The van der Waals surface area contributed by atoms with Gasteiger partial charge in [-0.1, -0.05) is 70.4 Å². The van der Waals surface area contributed by atoms with E-state index in [0.29, 0.717) is 36.4 Å². The number of rotatable bonds is 7. The van der Waals surface area contributed by atoms with Crippen molar-refractivity contribution in [3.05, 3.63) is 98.0 Å². The Kier molecular flexibility index (Phi) is 7.93. The van der Waals surface area contributed by atoms with E-state index in [9.17, 15) is 14.4 Å². The maximum Gasteiger partial charge on any atom is 0.335 e. The van der Waals surface area contributed by atoms with Gasteiger partial charge >= 0.3 is 6.03 Å². The third-order valence-electron chi connectivity index (χ3n) is 6.17. The van der Waals surface area contributed by atoms with Gasteiger partial charge in [0.1, 0.15) is 11.3 Å². The number of barbiturate groups is 1. The summed E-state index contributed by atoms with van der Waals surface area (Å²) >= 11 is 3.68. The lowest BCUT2D eigenvalue weighted by molar-refractivity contribution is -0.122. The van der Waals surface area contributed by atoms with E-state index >= 15 is 0 Å². The summed E-state index contributed by atoms with van der Waals surface area (Å²) in [6.45, 7) is 8.46. The van der Waals surface area contributed by atoms with Gasteiger partial charge in [0.15, 0.2) is 0 Å². The summed E-state index contributed by atoms with van der Waals surface area (Å²) in [7, 11) is 0. The predicted octanol–water partition coefficient (Wildman–Crippen LogP) is 6.28. The number of carbonyl (C=O) groups is 3. The van der Waals surface area contributed by atoms with Gasteiger partial charge in [-0.2, -0.15) is 0 Å². The van der Waals surface area contributed by atoms with Gasteiger partial charge in [0.2, 0.25) is 0 Å². The average Bonchev–Trinajstić information content (AvgIpc) is 2.83. The standard InChI is InChI=1S/C30H29BrN2O4/c1-5-22-9-7-8-10-26(22)33-29(35)24(28(34)32-30(33)36)15-21-16-25(31)23(27(17-21)37-6-2)14-20-12-18(3)11-19(4)13-20/h7-13,15-17H,5-6,14H2,1-4H3,(H,32,34,36)/b24-15-. The lowest BCUT2D eigenvalue weighted by atomic mass is 9.98. The number of nitrogens with zero attached hydrogens (tertiary/aromatic N) is 1. The van der Waals surface area contributed by atoms with Crippen LogP contribution in [0.15, 0.2) is 64.6 Å². The van der Waals surface area contributed by atoms with Crippen LogP contribution in [-0.2, 0) is 22.4 Å². The highest BCUT2D eigenvalue weighted by atomic mass is 79.9. The first-order chi connectivity index (χ1) is 17.7. The summed E-state index contributed by atoms with van der Waals surface area (Å²) in [6.07, 6.45) is 2.79. The predicted molar refractivity (Wildman–Crippen MR) is 149 cm³/mol. The van der Waals surface area contributed by atoms with Gasteiger partial charge in [-0.15, -0.1) is 0 Å². The molecule has 6 nitrogen and oxygen atoms in total. The zero-order chi connectivity index (χ0) is 26.7. The second-order valence-corrected chi connectivity index (χ2v) is 9.88. The van der Waals surface area contributed by atoms with Crippen LogP contribution in [-0.4, -0.2) is 24.5 Å². The number of nitrogens with one attached hydrogen (secondary N) is 1. The molecule has 0 atom stereocenters. The van der Waals surface area contributed by atoms with E-state index in [-0.39, 0.29) is 5.57 Å². The summed E-state index contributed by atoms with van der Waals surface area (Å²) in [4.78, 5) is 39.8. The fourth-order valence-corrected chi connectivity index (χ4v) is 5.22. The van der Waals surface area contributed by atoms with Crippen LogP contribution in [0, 0.1) is 13.8 Å². The van der Waals surface area contributed by atoms with E-state index in [1.165, 1.54) is 17.2 Å². The number of aryl methyl sites for hydroxylation is 3. The van der Waals surface area contributed by atoms with Crippen LogP contribution < -0.4 is 15.0 Å². The number of benzene rings is 3. The second kappa shape index (κ2) is 11.1. The molecule has 3 aromatic rings. The first-order valence-electron chi connectivity index (χ1n) is 12.2. The zero-order valence-corrected chi connectivity index (χ0v) is 22.9. The average molecular weight is 561 g/mol. The number of hydrogen-bond donors (Lipinski definition) is 1. The van der Waals surface area contributed by atoms with Gasteiger partial charge in [-0.25, -0.2) is 9.69 Å². The van der Waals surface area contributed by atoms with Crippen LogP contribution in [0.5, 0.6) is 5.75 Å². The maximum absolute atomic E-state index is 13.4. The van der Waals surface area contributed by atoms with E-state index < -0.39 is 17.8 Å². The van der Waals surface area contributed by atoms with Crippen molar-refractivity contribution >= 4 is 45.5 Å². The third kappa shape index (κ3) is 5.67. The molecule has 0 radical (unpaired) electrons. The van der Waals surface area contributed by atoms with E-state index in [1.54, 1.807) is 12.1 Å². The molecule has 0 saturated carbocycles. The van der Waals surface area contributed by atoms with Crippen molar-refractivity contribution in [1.82, 2.24) is 5.32 Å². The number of imide groups is 2. The second-order valence-electron chi connectivity index (χ2n) is 9.03. The number of urea groups is 1. The topological polar surface area (TPSA) is 75.7 Å². The Labute approximate surface area is 225 Å². The number of para-hydroxylation sites is 1. The molecule has 1 heterocycles. The molecule has 190 valence electrons. The van der Waals surface area contributed by atoms with E-state index in [4.69, 9.17) is 4.74 Å². The van der Waals surface area contributed by atoms with Gasteiger partial charge in [-0.3, -0.25) is 14.9 Å². The van der Waals surface area contributed by atoms with Crippen LogP contribution in [0.3, 0.4) is 0 Å². The SMILES string of the molecule is CCOc1cc(/C=C2/C(=O)NC(=O)N(c3ccccc3CC)C2=O)cc(Br)c1Cc1cc(C)cc(C)c1. The first-order valence-corrected chi connectivity index (χ1v) is 13.0. The summed E-state index contributed by atoms with van der Waals surface area (Å²) in [5.41, 5.74) is 6.30. The van der Waals surface area contributed by atoms with Crippen molar-refractivity contribution < 1.29 is 19.1 Å². The molecule has 0 aliphatic carbocycles. The Morgan fingerprint density at radius 1 is 0.973 bits per heavy atom. The lowest BCUT2D eigenvalue weighted by Gasteiger charge is -2.28. The molecule has 3 aromatic carbocycles. The molecule has 4 rings (SSSR count). The van der Waals surface area contributed by atoms with Crippen molar-refractivity contribution in [2.75, 3.05) is 11.5 Å². The molecular formula is C30H29BrN2O4. The van der Waals surface area contributed by atoms with E-state index in [2.05, 4.69) is 53.3 Å². The van der Waals surface area contributed by atoms with Crippen molar-refractivity contribution in [1.29, 1.82) is 0 Å².